The molecule has 7 heteroatoms. The van der Waals surface area contributed by atoms with Gasteiger partial charge in [-0.2, -0.15) is 8.78 Å². The number of nitrogens with one attached hydrogen (secondary N) is 1. The van der Waals surface area contributed by atoms with Gasteiger partial charge < -0.3 is 10.1 Å². The molecular weight excluding hydrogens is 326 g/mol. The second-order valence-electron chi connectivity index (χ2n) is 4.09. The lowest BCUT2D eigenvalue weighted by Gasteiger charge is -2.11. The van der Waals surface area contributed by atoms with Crippen LogP contribution < -0.4 is 10.1 Å². The summed E-state index contributed by atoms with van der Waals surface area (Å²) in [6.45, 7) is -2.76. The van der Waals surface area contributed by atoms with E-state index in [4.69, 9.17) is 23.2 Å². The third kappa shape index (κ3) is 4.19. The van der Waals surface area contributed by atoms with Crippen LogP contribution in [0.4, 0.5) is 18.9 Å². The van der Waals surface area contributed by atoms with Gasteiger partial charge in [0.15, 0.2) is 0 Å². The van der Waals surface area contributed by atoms with Crippen molar-refractivity contribution in [2.45, 2.75) is 13.2 Å². The van der Waals surface area contributed by atoms with E-state index in [1.807, 2.05) is 0 Å². The van der Waals surface area contributed by atoms with Gasteiger partial charge in [0.05, 0.1) is 10.0 Å². The Morgan fingerprint density at radius 1 is 1.10 bits per heavy atom. The molecule has 0 bridgehead atoms. The van der Waals surface area contributed by atoms with E-state index in [0.717, 1.165) is 0 Å². The molecule has 21 heavy (non-hydrogen) atoms. The Morgan fingerprint density at radius 2 is 1.86 bits per heavy atom. The van der Waals surface area contributed by atoms with Gasteiger partial charge in [-0.05, 0) is 24.3 Å². The number of benzene rings is 2. The molecule has 0 saturated carbocycles. The van der Waals surface area contributed by atoms with Crippen molar-refractivity contribution in [1.29, 1.82) is 0 Å². The molecule has 0 amide bonds. The highest BCUT2D eigenvalue weighted by Gasteiger charge is 2.10. The maximum absolute atomic E-state index is 13.7. The molecule has 0 radical (unpaired) electrons. The molecule has 1 N–H and O–H groups in total. The Bertz CT molecular complexity index is 638. The number of hydrogen-bond acceptors (Lipinski definition) is 2. The lowest BCUT2D eigenvalue weighted by molar-refractivity contribution is -0.0497. The van der Waals surface area contributed by atoms with E-state index < -0.39 is 12.4 Å². The molecule has 0 aliphatic carbocycles. The Hall–Kier alpha value is -1.59. The predicted molar refractivity (Wildman–Crippen MR) is 76.8 cm³/mol. The van der Waals surface area contributed by atoms with Crippen molar-refractivity contribution in [3.05, 3.63) is 57.8 Å². The fraction of sp³-hybridized carbons (Fsp3) is 0.143. The van der Waals surface area contributed by atoms with Crippen LogP contribution >= 0.6 is 23.2 Å². The average molecular weight is 336 g/mol. The molecule has 2 aromatic rings. The molecule has 0 aromatic heterocycles. The van der Waals surface area contributed by atoms with E-state index in [1.54, 1.807) is 12.1 Å². The molecule has 112 valence electrons. The Balaban J connectivity index is 2.07. The van der Waals surface area contributed by atoms with E-state index in [1.165, 1.54) is 24.3 Å². The molecule has 0 spiro atoms. The molecule has 2 aromatic carbocycles. The van der Waals surface area contributed by atoms with Crippen LogP contribution in [-0.2, 0) is 6.54 Å². The monoisotopic (exact) mass is 335 g/mol. The predicted octanol–water partition coefficient (Wildman–Crippen LogP) is 5.35. The van der Waals surface area contributed by atoms with Crippen LogP contribution in [-0.4, -0.2) is 6.61 Å². The minimum atomic E-state index is -2.94. The number of hydrogen-bond donors (Lipinski definition) is 1. The molecule has 0 fully saturated rings. The highest BCUT2D eigenvalue weighted by atomic mass is 35.5. The van der Waals surface area contributed by atoms with Gasteiger partial charge >= 0.3 is 6.61 Å². The van der Waals surface area contributed by atoms with Crippen LogP contribution in [0.25, 0.3) is 0 Å². The van der Waals surface area contributed by atoms with E-state index in [2.05, 4.69) is 10.1 Å². The zero-order valence-corrected chi connectivity index (χ0v) is 12.1. The fourth-order valence-electron chi connectivity index (χ4n) is 1.68. The zero-order valence-electron chi connectivity index (χ0n) is 10.5. The molecular formula is C14H10Cl2F3NO. The first-order valence-electron chi connectivity index (χ1n) is 5.88. The van der Waals surface area contributed by atoms with Gasteiger partial charge in [0.2, 0.25) is 0 Å². The minimum Gasteiger partial charge on any atom is -0.433 e. The third-order valence-electron chi connectivity index (χ3n) is 2.66. The van der Waals surface area contributed by atoms with Crippen molar-refractivity contribution in [3.63, 3.8) is 0 Å². The highest BCUT2D eigenvalue weighted by Crippen LogP contribution is 2.29. The van der Waals surface area contributed by atoms with Crippen molar-refractivity contribution in [3.8, 4) is 5.75 Å². The van der Waals surface area contributed by atoms with Gasteiger partial charge in [-0.25, -0.2) is 4.39 Å². The molecule has 0 aliphatic heterocycles. The van der Waals surface area contributed by atoms with Crippen molar-refractivity contribution < 1.29 is 17.9 Å². The largest absolute Gasteiger partial charge is 0.433 e. The molecule has 2 nitrogen and oxygen atoms in total. The molecule has 0 saturated heterocycles. The molecule has 0 unspecified atom stereocenters. The summed E-state index contributed by atoms with van der Waals surface area (Å²) < 4.78 is 42.1. The van der Waals surface area contributed by atoms with E-state index in [0.29, 0.717) is 11.3 Å². The van der Waals surface area contributed by atoms with Crippen LogP contribution in [0.3, 0.4) is 0 Å². The summed E-state index contributed by atoms with van der Waals surface area (Å²) in [5, 5.41) is 2.99. The zero-order chi connectivity index (χ0) is 15.4. The smallest absolute Gasteiger partial charge is 0.387 e. The summed E-state index contributed by atoms with van der Waals surface area (Å²) in [6, 6.07) is 8.91. The highest BCUT2D eigenvalue weighted by molar-refractivity contribution is 6.32. The maximum Gasteiger partial charge on any atom is 0.387 e. The third-order valence-corrected chi connectivity index (χ3v) is 3.25. The van der Waals surface area contributed by atoms with E-state index in [9.17, 15) is 13.2 Å². The average Bonchev–Trinajstić information content (AvgIpc) is 2.43. The number of anilines is 1. The molecule has 0 aliphatic rings. The van der Waals surface area contributed by atoms with Crippen LogP contribution in [0, 0.1) is 5.82 Å². The second kappa shape index (κ2) is 6.91. The summed E-state index contributed by atoms with van der Waals surface area (Å²) in [5.74, 6) is -0.624. The first-order valence-corrected chi connectivity index (χ1v) is 6.64. The Labute approximate surface area is 129 Å². The van der Waals surface area contributed by atoms with Crippen LogP contribution in [0.5, 0.6) is 5.75 Å². The van der Waals surface area contributed by atoms with Crippen LogP contribution in [0.15, 0.2) is 36.4 Å². The maximum atomic E-state index is 13.7. The molecule has 0 atom stereocenters. The van der Waals surface area contributed by atoms with E-state index in [-0.39, 0.29) is 22.3 Å². The second-order valence-corrected chi connectivity index (χ2v) is 4.90. The summed E-state index contributed by atoms with van der Waals surface area (Å²) in [7, 11) is 0. The van der Waals surface area contributed by atoms with Crippen molar-refractivity contribution in [2.75, 3.05) is 5.32 Å². The fourth-order valence-corrected chi connectivity index (χ4v) is 2.10. The van der Waals surface area contributed by atoms with Crippen molar-refractivity contribution >= 4 is 28.9 Å². The van der Waals surface area contributed by atoms with Crippen LogP contribution in [0.1, 0.15) is 5.56 Å². The van der Waals surface area contributed by atoms with Gasteiger partial charge in [-0.3, -0.25) is 0 Å². The summed E-state index contributed by atoms with van der Waals surface area (Å²) in [5.41, 5.74) is 0.924. The topological polar surface area (TPSA) is 21.3 Å². The SMILES string of the molecule is Fc1c(Cl)cccc1CNc1ccc(OC(F)F)c(Cl)c1. The summed E-state index contributed by atoms with van der Waals surface area (Å²) in [6.07, 6.45) is 0. The van der Waals surface area contributed by atoms with Crippen molar-refractivity contribution in [2.24, 2.45) is 0 Å². The number of alkyl halides is 2. The number of halogens is 5. The standard InChI is InChI=1S/C14H10Cl2F3NO/c15-10-3-1-2-8(13(10)17)7-20-9-4-5-12(11(16)6-9)21-14(18)19/h1-6,14,20H,7H2. The van der Waals surface area contributed by atoms with Gasteiger partial charge in [0.1, 0.15) is 11.6 Å². The summed E-state index contributed by atoms with van der Waals surface area (Å²) >= 11 is 11.5. The van der Waals surface area contributed by atoms with E-state index >= 15 is 0 Å². The minimum absolute atomic E-state index is 0.0341. The normalized spacial score (nSPS) is 10.8. The number of ether oxygens (including phenoxy) is 1. The Morgan fingerprint density at radius 3 is 2.52 bits per heavy atom. The van der Waals surface area contributed by atoms with Gasteiger partial charge in [-0.15, -0.1) is 0 Å². The number of rotatable bonds is 5. The molecule has 2 rings (SSSR count). The first kappa shape index (κ1) is 15.8. The van der Waals surface area contributed by atoms with Crippen LogP contribution in [0.2, 0.25) is 10.0 Å². The van der Waals surface area contributed by atoms with Crippen molar-refractivity contribution in [1.82, 2.24) is 0 Å². The van der Waals surface area contributed by atoms with Gasteiger partial charge in [0, 0.05) is 17.8 Å². The van der Waals surface area contributed by atoms with Gasteiger partial charge in [0.25, 0.3) is 0 Å². The Kier molecular flexibility index (Phi) is 5.20. The first-order chi connectivity index (χ1) is 9.97. The quantitative estimate of drug-likeness (QED) is 0.795. The lowest BCUT2D eigenvalue weighted by atomic mass is 10.2. The lowest BCUT2D eigenvalue weighted by Crippen LogP contribution is -2.04. The molecule has 0 heterocycles. The summed E-state index contributed by atoms with van der Waals surface area (Å²) in [4.78, 5) is 0. The van der Waals surface area contributed by atoms with Gasteiger partial charge in [-0.1, -0.05) is 35.3 Å².